The maximum Gasteiger partial charge on any atom is 0.326 e. The first-order valence-corrected chi connectivity index (χ1v) is 10.6. The summed E-state index contributed by atoms with van der Waals surface area (Å²) in [5.74, 6) is -3.33. The summed E-state index contributed by atoms with van der Waals surface area (Å²) in [7, 11) is 0. The van der Waals surface area contributed by atoms with E-state index in [-0.39, 0.29) is 24.0 Å². The van der Waals surface area contributed by atoms with Gasteiger partial charge in [0.2, 0.25) is 17.7 Å². The first-order valence-electron chi connectivity index (χ1n) is 10.6. The fraction of sp³-hybridized carbons (Fsp3) is 0.545. The summed E-state index contributed by atoms with van der Waals surface area (Å²) in [6.07, 6.45) is 0.807. The number of carbonyl (C=O) groups excluding carboxylic acids is 3. The molecule has 0 aliphatic heterocycles. The van der Waals surface area contributed by atoms with Crippen LogP contribution in [0.3, 0.4) is 0 Å². The molecule has 7 N–H and O–H groups in total. The van der Waals surface area contributed by atoms with Crippen molar-refractivity contribution < 1.29 is 29.4 Å². The molecule has 10 nitrogen and oxygen atoms in total. The Labute approximate surface area is 187 Å². The van der Waals surface area contributed by atoms with Crippen molar-refractivity contribution in [2.45, 2.75) is 58.7 Å². The third-order valence-electron chi connectivity index (χ3n) is 5.19. The van der Waals surface area contributed by atoms with Gasteiger partial charge in [-0.15, -0.1) is 0 Å². The second-order valence-corrected chi connectivity index (χ2v) is 8.19. The van der Waals surface area contributed by atoms with Crippen LogP contribution in [0.15, 0.2) is 24.3 Å². The van der Waals surface area contributed by atoms with Gasteiger partial charge in [-0.1, -0.05) is 46.2 Å². The predicted octanol–water partition coefficient (Wildman–Crippen LogP) is 0.135. The Balaban J connectivity index is 2.71. The Morgan fingerprint density at radius 1 is 0.969 bits per heavy atom. The van der Waals surface area contributed by atoms with E-state index in [1.54, 1.807) is 32.9 Å². The van der Waals surface area contributed by atoms with E-state index in [0.717, 1.165) is 5.56 Å². The number of carboxylic acids is 1. The number of carbonyl (C=O) groups is 4. The van der Waals surface area contributed by atoms with Crippen LogP contribution in [0, 0.1) is 11.8 Å². The molecule has 0 spiro atoms. The zero-order chi connectivity index (χ0) is 24.4. The number of hydrogen-bond acceptors (Lipinski definition) is 6. The summed E-state index contributed by atoms with van der Waals surface area (Å²) in [6, 6.07) is 3.41. The lowest BCUT2D eigenvalue weighted by Crippen LogP contribution is -2.56. The Hall–Kier alpha value is -3.14. The van der Waals surface area contributed by atoms with E-state index in [1.165, 1.54) is 12.1 Å². The molecule has 0 heterocycles. The molecule has 0 bridgehead atoms. The Bertz CT molecular complexity index is 796. The van der Waals surface area contributed by atoms with E-state index in [1.807, 2.05) is 6.92 Å². The maximum absolute atomic E-state index is 12.7. The minimum Gasteiger partial charge on any atom is -0.508 e. The second-order valence-electron chi connectivity index (χ2n) is 8.19. The normalized spacial score (nSPS) is 14.7. The molecule has 32 heavy (non-hydrogen) atoms. The van der Waals surface area contributed by atoms with Crippen LogP contribution in [-0.4, -0.2) is 58.6 Å². The first-order chi connectivity index (χ1) is 15.0. The van der Waals surface area contributed by atoms with Crippen LogP contribution in [-0.2, 0) is 25.6 Å². The average Bonchev–Trinajstić information content (AvgIpc) is 2.74. The predicted molar refractivity (Wildman–Crippen MR) is 119 cm³/mol. The molecule has 1 aromatic rings. The van der Waals surface area contributed by atoms with Gasteiger partial charge >= 0.3 is 5.97 Å². The number of aromatic hydroxyl groups is 1. The smallest absolute Gasteiger partial charge is 0.326 e. The monoisotopic (exact) mass is 450 g/mol. The first kappa shape index (κ1) is 26.9. The number of nitrogens with one attached hydrogen (secondary N) is 3. The Kier molecular flexibility index (Phi) is 10.6. The highest BCUT2D eigenvalue weighted by Crippen LogP contribution is 2.12. The Morgan fingerprint density at radius 3 is 2.06 bits per heavy atom. The molecule has 3 amide bonds. The fourth-order valence-corrected chi connectivity index (χ4v) is 2.96. The van der Waals surface area contributed by atoms with E-state index in [0.29, 0.717) is 6.42 Å². The summed E-state index contributed by atoms with van der Waals surface area (Å²) >= 11 is 0. The topological polar surface area (TPSA) is 171 Å². The summed E-state index contributed by atoms with van der Waals surface area (Å²) in [5, 5.41) is 26.0. The van der Waals surface area contributed by atoms with E-state index < -0.39 is 48.4 Å². The SMILES string of the molecule is CCC(C)C(NC(=O)C(N)Cc1ccc(O)cc1)C(=O)NCC(=O)NC(C(=O)O)C(C)C. The van der Waals surface area contributed by atoms with Gasteiger partial charge in [0.1, 0.15) is 17.8 Å². The van der Waals surface area contributed by atoms with Gasteiger partial charge in [-0.05, 0) is 36.0 Å². The largest absolute Gasteiger partial charge is 0.508 e. The number of carboxylic acid groups (broad SMARTS) is 1. The molecule has 0 saturated carbocycles. The second kappa shape index (κ2) is 12.7. The average molecular weight is 451 g/mol. The number of aliphatic carboxylic acids is 1. The standard InChI is InChI=1S/C22H34N4O6/c1-5-13(4)19(21(30)24-11-17(28)25-18(12(2)3)22(31)32)26-20(29)16(23)10-14-6-8-15(27)9-7-14/h6-9,12-13,16,18-19,27H,5,10-11,23H2,1-4H3,(H,24,30)(H,25,28)(H,26,29)(H,31,32). The number of phenolic OH excluding ortho intramolecular Hbond substituents is 1. The van der Waals surface area contributed by atoms with E-state index in [2.05, 4.69) is 16.0 Å². The zero-order valence-corrected chi connectivity index (χ0v) is 18.9. The highest BCUT2D eigenvalue weighted by atomic mass is 16.4. The Morgan fingerprint density at radius 2 is 1.56 bits per heavy atom. The van der Waals surface area contributed by atoms with Gasteiger partial charge in [-0.3, -0.25) is 14.4 Å². The van der Waals surface area contributed by atoms with E-state index in [9.17, 15) is 24.3 Å². The minimum absolute atomic E-state index is 0.104. The van der Waals surface area contributed by atoms with Crippen molar-refractivity contribution in [2.24, 2.45) is 17.6 Å². The lowest BCUT2D eigenvalue weighted by atomic mass is 9.97. The lowest BCUT2D eigenvalue weighted by Gasteiger charge is -2.25. The summed E-state index contributed by atoms with van der Waals surface area (Å²) < 4.78 is 0. The van der Waals surface area contributed by atoms with Gasteiger partial charge in [0, 0.05) is 0 Å². The van der Waals surface area contributed by atoms with Crippen LogP contribution in [0.5, 0.6) is 5.75 Å². The van der Waals surface area contributed by atoms with Gasteiger partial charge in [0.05, 0.1) is 12.6 Å². The van der Waals surface area contributed by atoms with Gasteiger partial charge in [-0.25, -0.2) is 4.79 Å². The molecule has 0 saturated heterocycles. The molecule has 4 atom stereocenters. The van der Waals surface area contributed by atoms with Crippen LogP contribution in [0.4, 0.5) is 0 Å². The minimum atomic E-state index is -1.16. The van der Waals surface area contributed by atoms with Crippen LogP contribution < -0.4 is 21.7 Å². The highest BCUT2D eigenvalue weighted by molar-refractivity contribution is 5.92. The van der Waals surface area contributed by atoms with Crippen molar-refractivity contribution in [3.05, 3.63) is 29.8 Å². The number of nitrogens with two attached hydrogens (primary N) is 1. The van der Waals surface area contributed by atoms with Crippen LogP contribution in [0.1, 0.15) is 39.7 Å². The molecule has 0 radical (unpaired) electrons. The van der Waals surface area contributed by atoms with Gasteiger partial charge < -0.3 is 31.9 Å². The highest BCUT2D eigenvalue weighted by Gasteiger charge is 2.29. The van der Waals surface area contributed by atoms with Crippen molar-refractivity contribution in [3.63, 3.8) is 0 Å². The number of phenols is 1. The van der Waals surface area contributed by atoms with Crippen molar-refractivity contribution in [3.8, 4) is 5.75 Å². The quantitative estimate of drug-likeness (QED) is 0.263. The summed E-state index contributed by atoms with van der Waals surface area (Å²) in [4.78, 5) is 48.5. The molecule has 0 aliphatic carbocycles. The number of amides is 3. The third-order valence-corrected chi connectivity index (χ3v) is 5.19. The molecular formula is C22H34N4O6. The number of hydrogen-bond donors (Lipinski definition) is 6. The fourth-order valence-electron chi connectivity index (χ4n) is 2.96. The molecule has 0 aromatic heterocycles. The zero-order valence-electron chi connectivity index (χ0n) is 18.9. The van der Waals surface area contributed by atoms with Gasteiger partial charge in [0.25, 0.3) is 0 Å². The van der Waals surface area contributed by atoms with Crippen molar-refractivity contribution in [2.75, 3.05) is 6.54 Å². The van der Waals surface area contributed by atoms with Crippen molar-refractivity contribution in [1.29, 1.82) is 0 Å². The van der Waals surface area contributed by atoms with Crippen LogP contribution in [0.2, 0.25) is 0 Å². The molecule has 10 heteroatoms. The lowest BCUT2D eigenvalue weighted by molar-refractivity contribution is -0.143. The molecule has 0 fully saturated rings. The van der Waals surface area contributed by atoms with E-state index >= 15 is 0 Å². The van der Waals surface area contributed by atoms with Crippen LogP contribution in [0.25, 0.3) is 0 Å². The van der Waals surface area contributed by atoms with Gasteiger partial charge in [-0.2, -0.15) is 0 Å². The molecule has 1 aromatic carbocycles. The summed E-state index contributed by atoms with van der Waals surface area (Å²) in [5.41, 5.74) is 6.74. The van der Waals surface area contributed by atoms with E-state index in [4.69, 9.17) is 10.8 Å². The van der Waals surface area contributed by atoms with Crippen LogP contribution >= 0.6 is 0 Å². The molecule has 0 aliphatic rings. The van der Waals surface area contributed by atoms with Crippen molar-refractivity contribution in [1.82, 2.24) is 16.0 Å². The molecule has 178 valence electrons. The molecular weight excluding hydrogens is 416 g/mol. The maximum atomic E-state index is 12.7. The third kappa shape index (κ3) is 8.54. The number of rotatable bonds is 12. The van der Waals surface area contributed by atoms with Gasteiger partial charge in [0.15, 0.2) is 0 Å². The van der Waals surface area contributed by atoms with Crippen molar-refractivity contribution >= 4 is 23.7 Å². The summed E-state index contributed by atoms with van der Waals surface area (Å²) in [6.45, 7) is 6.55. The molecule has 4 unspecified atom stereocenters. The molecule has 1 rings (SSSR count). The number of benzene rings is 1.